The number of hydrogen-bond acceptors (Lipinski definition) is 1. The molecule has 2 rings (SSSR count). The Balaban J connectivity index is 2.23. The van der Waals surface area contributed by atoms with Gasteiger partial charge in [-0.25, -0.2) is 4.79 Å². The van der Waals surface area contributed by atoms with E-state index >= 15 is 0 Å². The number of fused-ring (bicyclic) bond motifs is 1. The van der Waals surface area contributed by atoms with Crippen LogP contribution in [-0.2, 0) is 4.79 Å². The zero-order chi connectivity index (χ0) is 8.22. The zero-order valence-electron chi connectivity index (χ0n) is 6.79. The van der Waals surface area contributed by atoms with Crippen molar-refractivity contribution in [2.24, 2.45) is 17.3 Å². The molecule has 2 unspecified atom stereocenters. The second kappa shape index (κ2) is 1.68. The van der Waals surface area contributed by atoms with E-state index in [0.29, 0.717) is 17.4 Å². The summed E-state index contributed by atoms with van der Waals surface area (Å²) < 4.78 is 0. The quantitative estimate of drug-likeness (QED) is 0.620. The Morgan fingerprint density at radius 2 is 2.36 bits per heavy atom. The van der Waals surface area contributed by atoms with Gasteiger partial charge in [0.2, 0.25) is 0 Å². The Bertz CT molecular complexity index is 250. The highest BCUT2D eigenvalue weighted by Gasteiger charge is 2.62. The van der Waals surface area contributed by atoms with Gasteiger partial charge in [-0.3, -0.25) is 0 Å². The Kier molecular flexibility index (Phi) is 1.05. The molecule has 0 aliphatic heterocycles. The van der Waals surface area contributed by atoms with Crippen molar-refractivity contribution < 1.29 is 9.90 Å². The molecular weight excluding hydrogens is 140 g/mol. The van der Waals surface area contributed by atoms with Crippen molar-refractivity contribution in [2.45, 2.75) is 20.3 Å². The molecule has 0 saturated heterocycles. The molecule has 0 aromatic heterocycles. The summed E-state index contributed by atoms with van der Waals surface area (Å²) in [6, 6.07) is 0. The predicted octanol–water partition coefficient (Wildman–Crippen LogP) is 1.67. The Morgan fingerprint density at radius 3 is 2.64 bits per heavy atom. The van der Waals surface area contributed by atoms with E-state index in [1.165, 1.54) is 0 Å². The van der Waals surface area contributed by atoms with E-state index in [1.54, 1.807) is 0 Å². The molecule has 2 heteroatoms. The molecule has 0 aromatic carbocycles. The fourth-order valence-corrected chi connectivity index (χ4v) is 2.40. The van der Waals surface area contributed by atoms with E-state index in [9.17, 15) is 4.79 Å². The summed E-state index contributed by atoms with van der Waals surface area (Å²) in [6.45, 7) is 4.30. The van der Waals surface area contributed by atoms with Crippen LogP contribution in [0, 0.1) is 17.3 Å². The maximum Gasteiger partial charge on any atom is 0.331 e. The predicted molar refractivity (Wildman–Crippen MR) is 41.1 cm³/mol. The monoisotopic (exact) mass is 152 g/mol. The Labute approximate surface area is 65.9 Å². The molecule has 11 heavy (non-hydrogen) atoms. The summed E-state index contributed by atoms with van der Waals surface area (Å²) in [5.74, 6) is 0.247. The van der Waals surface area contributed by atoms with Gasteiger partial charge in [-0.1, -0.05) is 19.9 Å². The third-order valence-corrected chi connectivity index (χ3v) is 3.22. The summed E-state index contributed by atoms with van der Waals surface area (Å²) in [5, 5.41) is 8.77. The van der Waals surface area contributed by atoms with Gasteiger partial charge in [0.25, 0.3) is 0 Å². The molecule has 0 spiro atoms. The molecule has 0 aromatic rings. The fraction of sp³-hybridized carbons (Fsp3) is 0.667. The van der Waals surface area contributed by atoms with Crippen LogP contribution in [0.5, 0.6) is 0 Å². The molecule has 1 N–H and O–H groups in total. The number of allylic oxidation sites excluding steroid dienone is 1. The van der Waals surface area contributed by atoms with Gasteiger partial charge >= 0.3 is 5.97 Å². The number of carboxylic acids is 1. The fourth-order valence-electron chi connectivity index (χ4n) is 2.40. The lowest BCUT2D eigenvalue weighted by atomic mass is 10.0. The third kappa shape index (κ3) is 0.697. The van der Waals surface area contributed by atoms with Gasteiger partial charge in [0, 0.05) is 5.57 Å². The lowest BCUT2D eigenvalue weighted by Crippen LogP contribution is -2.05. The summed E-state index contributed by atoms with van der Waals surface area (Å²) in [5.41, 5.74) is 0.919. The van der Waals surface area contributed by atoms with Crippen LogP contribution in [0.3, 0.4) is 0 Å². The number of hydrogen-bond donors (Lipinski definition) is 1. The second-order valence-electron chi connectivity index (χ2n) is 4.11. The van der Waals surface area contributed by atoms with Crippen LogP contribution in [0.1, 0.15) is 20.3 Å². The molecule has 0 heterocycles. The minimum atomic E-state index is -0.719. The molecular formula is C9H12O2. The molecule has 1 saturated carbocycles. The highest BCUT2D eigenvalue weighted by molar-refractivity contribution is 5.89. The summed E-state index contributed by atoms with van der Waals surface area (Å²) in [6.07, 6.45) is 2.85. The van der Waals surface area contributed by atoms with Crippen molar-refractivity contribution in [2.75, 3.05) is 0 Å². The maximum atomic E-state index is 10.7. The van der Waals surface area contributed by atoms with Gasteiger partial charge in [-0.15, -0.1) is 0 Å². The van der Waals surface area contributed by atoms with E-state index in [4.69, 9.17) is 5.11 Å². The van der Waals surface area contributed by atoms with Gasteiger partial charge in [-0.05, 0) is 23.7 Å². The number of carbonyl (C=O) groups is 1. The standard InChI is InChI=1S/C9H12O2/c1-9(2)6-4-3-5(7(6)9)8(10)11/h3,6-7H,4H2,1-2H3,(H,10,11). The second-order valence-corrected chi connectivity index (χ2v) is 4.11. The highest BCUT2D eigenvalue weighted by Crippen LogP contribution is 2.66. The van der Waals surface area contributed by atoms with Gasteiger partial charge in [0.1, 0.15) is 0 Å². The van der Waals surface area contributed by atoms with Crippen LogP contribution in [0.4, 0.5) is 0 Å². The normalized spacial score (nSPS) is 37.8. The van der Waals surface area contributed by atoms with E-state index in [-0.39, 0.29) is 5.41 Å². The molecule has 2 nitrogen and oxygen atoms in total. The number of carboxylic acid groups (broad SMARTS) is 1. The van der Waals surface area contributed by atoms with E-state index in [0.717, 1.165) is 6.42 Å². The van der Waals surface area contributed by atoms with Crippen molar-refractivity contribution in [1.29, 1.82) is 0 Å². The maximum absolute atomic E-state index is 10.7. The average Bonchev–Trinajstić information content (AvgIpc) is 2.34. The molecule has 0 bridgehead atoms. The first-order valence-corrected chi connectivity index (χ1v) is 3.98. The third-order valence-electron chi connectivity index (χ3n) is 3.22. The van der Waals surface area contributed by atoms with Crippen molar-refractivity contribution in [1.82, 2.24) is 0 Å². The lowest BCUT2D eigenvalue weighted by Gasteiger charge is -2.05. The van der Waals surface area contributed by atoms with Crippen molar-refractivity contribution in [3.63, 3.8) is 0 Å². The molecule has 0 amide bonds. The van der Waals surface area contributed by atoms with Crippen LogP contribution >= 0.6 is 0 Å². The smallest absolute Gasteiger partial charge is 0.331 e. The molecule has 2 aliphatic carbocycles. The average molecular weight is 152 g/mol. The van der Waals surface area contributed by atoms with Gasteiger partial charge in [0.05, 0.1) is 0 Å². The van der Waals surface area contributed by atoms with Gasteiger partial charge in [-0.2, -0.15) is 0 Å². The van der Waals surface area contributed by atoms with E-state index in [1.807, 2.05) is 6.08 Å². The first-order chi connectivity index (χ1) is 5.05. The molecule has 0 radical (unpaired) electrons. The minimum Gasteiger partial charge on any atom is -0.478 e. The van der Waals surface area contributed by atoms with Crippen LogP contribution in [0.2, 0.25) is 0 Å². The van der Waals surface area contributed by atoms with Gasteiger partial charge < -0.3 is 5.11 Å². The first kappa shape index (κ1) is 6.89. The van der Waals surface area contributed by atoms with Crippen LogP contribution in [-0.4, -0.2) is 11.1 Å². The summed E-state index contributed by atoms with van der Waals surface area (Å²) in [4.78, 5) is 10.7. The largest absolute Gasteiger partial charge is 0.478 e. The van der Waals surface area contributed by atoms with Gasteiger partial charge in [0.15, 0.2) is 0 Å². The number of rotatable bonds is 1. The van der Waals surface area contributed by atoms with Crippen molar-refractivity contribution in [3.05, 3.63) is 11.6 Å². The SMILES string of the molecule is CC1(C)C2CC=C(C(=O)O)C21. The van der Waals surface area contributed by atoms with Crippen molar-refractivity contribution in [3.8, 4) is 0 Å². The Morgan fingerprint density at radius 1 is 1.73 bits per heavy atom. The van der Waals surface area contributed by atoms with Crippen LogP contribution < -0.4 is 0 Å². The van der Waals surface area contributed by atoms with Crippen molar-refractivity contribution >= 4 is 5.97 Å². The molecule has 2 aliphatic rings. The first-order valence-electron chi connectivity index (χ1n) is 3.98. The lowest BCUT2D eigenvalue weighted by molar-refractivity contribution is -0.133. The van der Waals surface area contributed by atoms with E-state index in [2.05, 4.69) is 13.8 Å². The van der Waals surface area contributed by atoms with E-state index < -0.39 is 5.97 Å². The van der Waals surface area contributed by atoms with Crippen LogP contribution in [0.15, 0.2) is 11.6 Å². The highest BCUT2D eigenvalue weighted by atomic mass is 16.4. The summed E-state index contributed by atoms with van der Waals surface area (Å²) >= 11 is 0. The summed E-state index contributed by atoms with van der Waals surface area (Å²) in [7, 11) is 0. The minimum absolute atomic E-state index is 0.266. The molecule has 60 valence electrons. The topological polar surface area (TPSA) is 37.3 Å². The van der Waals surface area contributed by atoms with Crippen LogP contribution in [0.25, 0.3) is 0 Å². The number of aliphatic carboxylic acids is 1. The zero-order valence-corrected chi connectivity index (χ0v) is 6.79. The molecule has 1 fully saturated rings. The molecule has 2 atom stereocenters. The Hall–Kier alpha value is -0.790.